The summed E-state index contributed by atoms with van der Waals surface area (Å²) in [5.74, 6) is 3.06. The summed E-state index contributed by atoms with van der Waals surface area (Å²) in [6, 6.07) is 3.92. The van der Waals surface area contributed by atoms with E-state index in [-0.39, 0.29) is 5.60 Å². The Morgan fingerprint density at radius 1 is 1.67 bits per heavy atom. The van der Waals surface area contributed by atoms with Gasteiger partial charge in [-0.05, 0) is 19.1 Å². The van der Waals surface area contributed by atoms with Crippen molar-refractivity contribution < 1.29 is 9.15 Å². The Labute approximate surface area is 76.3 Å². The second-order valence-corrected chi connectivity index (χ2v) is 4.30. The minimum atomic E-state index is 0.164. The van der Waals surface area contributed by atoms with Crippen molar-refractivity contribution in [3.63, 3.8) is 0 Å². The molecule has 2 rings (SSSR count). The van der Waals surface area contributed by atoms with Crippen LogP contribution in [0.5, 0.6) is 0 Å². The quantitative estimate of drug-likeness (QED) is 0.671. The lowest BCUT2D eigenvalue weighted by atomic mass is 10.3. The second-order valence-electron chi connectivity index (χ2n) is 3.31. The minimum absolute atomic E-state index is 0.164. The van der Waals surface area contributed by atoms with Gasteiger partial charge in [0.05, 0.1) is 24.2 Å². The Bertz CT molecular complexity index is 239. The molecule has 0 radical (unpaired) electrons. The van der Waals surface area contributed by atoms with Crippen LogP contribution in [-0.2, 0) is 10.5 Å². The molecule has 0 bridgehead atoms. The van der Waals surface area contributed by atoms with Crippen LogP contribution in [0.2, 0.25) is 0 Å². The lowest BCUT2D eigenvalue weighted by Gasteiger charge is -2.02. The summed E-state index contributed by atoms with van der Waals surface area (Å²) < 4.78 is 10.5. The van der Waals surface area contributed by atoms with Crippen LogP contribution in [0.25, 0.3) is 0 Å². The van der Waals surface area contributed by atoms with Crippen LogP contribution in [0.15, 0.2) is 22.8 Å². The first-order valence-electron chi connectivity index (χ1n) is 4.03. The molecule has 1 aliphatic rings. The molecular formula is C9H12O2S. The first-order chi connectivity index (χ1) is 5.79. The van der Waals surface area contributed by atoms with E-state index in [1.54, 1.807) is 6.26 Å². The molecule has 0 spiro atoms. The van der Waals surface area contributed by atoms with Crippen molar-refractivity contribution in [1.29, 1.82) is 0 Å². The zero-order valence-corrected chi connectivity index (χ0v) is 7.89. The number of thioether (sulfide) groups is 1. The summed E-state index contributed by atoms with van der Waals surface area (Å²) in [6.07, 6.45) is 1.71. The van der Waals surface area contributed by atoms with Crippen LogP contribution < -0.4 is 0 Å². The van der Waals surface area contributed by atoms with Gasteiger partial charge in [-0.2, -0.15) is 11.8 Å². The second kappa shape index (κ2) is 3.15. The molecule has 0 saturated carbocycles. The van der Waals surface area contributed by atoms with Crippen LogP contribution in [-0.4, -0.2) is 18.0 Å². The Balaban J connectivity index is 1.69. The van der Waals surface area contributed by atoms with Gasteiger partial charge in [-0.3, -0.25) is 0 Å². The highest BCUT2D eigenvalue weighted by Gasteiger charge is 2.38. The van der Waals surface area contributed by atoms with Crippen molar-refractivity contribution in [2.24, 2.45) is 0 Å². The maximum atomic E-state index is 5.26. The smallest absolute Gasteiger partial charge is 0.113 e. The summed E-state index contributed by atoms with van der Waals surface area (Å²) in [4.78, 5) is 0. The van der Waals surface area contributed by atoms with Gasteiger partial charge >= 0.3 is 0 Å². The highest BCUT2D eigenvalue weighted by atomic mass is 32.2. The summed E-state index contributed by atoms with van der Waals surface area (Å²) in [6.45, 7) is 3.06. The van der Waals surface area contributed by atoms with E-state index in [0.717, 1.165) is 23.9 Å². The molecule has 0 aromatic carbocycles. The molecule has 66 valence electrons. The summed E-state index contributed by atoms with van der Waals surface area (Å²) in [7, 11) is 0. The van der Waals surface area contributed by atoms with Gasteiger partial charge in [0, 0.05) is 5.75 Å². The van der Waals surface area contributed by atoms with Crippen molar-refractivity contribution >= 4 is 11.8 Å². The maximum absolute atomic E-state index is 5.26. The van der Waals surface area contributed by atoms with Gasteiger partial charge in [0.2, 0.25) is 0 Å². The zero-order valence-electron chi connectivity index (χ0n) is 7.08. The van der Waals surface area contributed by atoms with Crippen LogP contribution in [0, 0.1) is 0 Å². The number of furan rings is 1. The normalized spacial score (nSPS) is 27.4. The Kier molecular flexibility index (Phi) is 2.15. The number of rotatable bonds is 4. The molecule has 2 nitrogen and oxygen atoms in total. The molecule has 0 N–H and O–H groups in total. The topological polar surface area (TPSA) is 25.7 Å². The molecule has 2 heterocycles. The predicted molar refractivity (Wildman–Crippen MR) is 49.2 cm³/mol. The molecule has 1 aromatic rings. The lowest BCUT2D eigenvalue weighted by molar-refractivity contribution is 0.348. The molecule has 1 atom stereocenters. The molecule has 12 heavy (non-hydrogen) atoms. The molecule has 0 aliphatic carbocycles. The van der Waals surface area contributed by atoms with E-state index in [4.69, 9.17) is 9.15 Å². The zero-order chi connectivity index (χ0) is 8.44. The Hall–Kier alpha value is -0.410. The first kappa shape index (κ1) is 8.20. The fourth-order valence-electron chi connectivity index (χ4n) is 0.969. The Morgan fingerprint density at radius 3 is 3.08 bits per heavy atom. The largest absolute Gasteiger partial charge is 0.468 e. The van der Waals surface area contributed by atoms with Gasteiger partial charge in [0.25, 0.3) is 0 Å². The third kappa shape index (κ3) is 2.05. The number of ether oxygens (including phenoxy) is 1. The molecule has 1 aromatic heterocycles. The third-order valence-electron chi connectivity index (χ3n) is 1.87. The van der Waals surface area contributed by atoms with Gasteiger partial charge in [0.15, 0.2) is 0 Å². The van der Waals surface area contributed by atoms with Crippen molar-refractivity contribution in [2.45, 2.75) is 18.3 Å². The van der Waals surface area contributed by atoms with Gasteiger partial charge in [-0.1, -0.05) is 0 Å². The minimum Gasteiger partial charge on any atom is -0.468 e. The third-order valence-corrected chi connectivity index (χ3v) is 3.17. The van der Waals surface area contributed by atoms with E-state index in [1.165, 1.54) is 0 Å². The molecule has 1 saturated heterocycles. The van der Waals surface area contributed by atoms with Crippen molar-refractivity contribution in [1.82, 2.24) is 0 Å². The Morgan fingerprint density at radius 2 is 2.50 bits per heavy atom. The van der Waals surface area contributed by atoms with Crippen LogP contribution in [0.1, 0.15) is 12.7 Å². The predicted octanol–water partition coefficient (Wildman–Crippen LogP) is 2.30. The molecule has 1 unspecified atom stereocenters. The fraction of sp³-hybridized carbons (Fsp3) is 0.556. The molecule has 3 heteroatoms. The van der Waals surface area contributed by atoms with Gasteiger partial charge in [-0.15, -0.1) is 0 Å². The number of hydrogen-bond donors (Lipinski definition) is 0. The standard InChI is InChI=1S/C9H12O2S/c1-9(6-11-9)7-12-5-8-3-2-4-10-8/h2-4H,5-7H2,1H3. The average Bonchev–Trinajstić information content (AvgIpc) is 2.61. The summed E-state index contributed by atoms with van der Waals surface area (Å²) in [5.41, 5.74) is 0.164. The first-order valence-corrected chi connectivity index (χ1v) is 5.18. The summed E-state index contributed by atoms with van der Waals surface area (Å²) >= 11 is 1.86. The molecule has 1 fully saturated rings. The van der Waals surface area contributed by atoms with E-state index in [2.05, 4.69) is 6.92 Å². The molecule has 0 amide bonds. The van der Waals surface area contributed by atoms with Crippen LogP contribution in [0.3, 0.4) is 0 Å². The average molecular weight is 184 g/mol. The van der Waals surface area contributed by atoms with Crippen molar-refractivity contribution in [3.8, 4) is 0 Å². The van der Waals surface area contributed by atoms with Crippen LogP contribution in [0.4, 0.5) is 0 Å². The van der Waals surface area contributed by atoms with E-state index in [0.29, 0.717) is 0 Å². The highest BCUT2D eigenvalue weighted by molar-refractivity contribution is 7.98. The van der Waals surface area contributed by atoms with Gasteiger partial charge in [0.1, 0.15) is 5.76 Å². The number of hydrogen-bond acceptors (Lipinski definition) is 3. The van der Waals surface area contributed by atoms with Gasteiger partial charge < -0.3 is 9.15 Å². The highest BCUT2D eigenvalue weighted by Crippen LogP contribution is 2.31. The van der Waals surface area contributed by atoms with E-state index >= 15 is 0 Å². The SMILES string of the molecule is CC1(CSCc2ccco2)CO1. The van der Waals surface area contributed by atoms with Crippen molar-refractivity contribution in [3.05, 3.63) is 24.2 Å². The molecular weight excluding hydrogens is 172 g/mol. The van der Waals surface area contributed by atoms with Crippen LogP contribution >= 0.6 is 11.8 Å². The monoisotopic (exact) mass is 184 g/mol. The van der Waals surface area contributed by atoms with Gasteiger partial charge in [-0.25, -0.2) is 0 Å². The maximum Gasteiger partial charge on any atom is 0.113 e. The van der Waals surface area contributed by atoms with Crippen molar-refractivity contribution in [2.75, 3.05) is 12.4 Å². The summed E-state index contributed by atoms with van der Waals surface area (Å²) in [5, 5.41) is 0. The fourth-order valence-corrected chi connectivity index (χ4v) is 2.03. The van der Waals surface area contributed by atoms with E-state index in [1.807, 2.05) is 23.9 Å². The lowest BCUT2D eigenvalue weighted by Crippen LogP contribution is -2.07. The van der Waals surface area contributed by atoms with E-state index < -0.39 is 0 Å². The molecule has 1 aliphatic heterocycles. The van der Waals surface area contributed by atoms with E-state index in [9.17, 15) is 0 Å². The number of epoxide rings is 1.